The van der Waals surface area contributed by atoms with Crippen molar-refractivity contribution in [2.24, 2.45) is 0 Å². The zero-order valence-corrected chi connectivity index (χ0v) is 17.0. The average Bonchev–Trinajstić information content (AvgIpc) is 2.69. The number of nitrogens with zero attached hydrogens (tertiary/aromatic N) is 4. The maximum absolute atomic E-state index is 5.62. The number of aromatic nitrogens is 2. The molecule has 0 aliphatic carbocycles. The van der Waals surface area contributed by atoms with Crippen LogP contribution in [-0.4, -0.2) is 55.2 Å². The summed E-state index contributed by atoms with van der Waals surface area (Å²) in [5, 5.41) is 4.28. The number of methoxy groups -OCH3 is 1. The number of hydrogen-bond donors (Lipinski definition) is 1. The van der Waals surface area contributed by atoms with Crippen molar-refractivity contribution in [3.63, 3.8) is 0 Å². The molecule has 1 fully saturated rings. The predicted molar refractivity (Wildman–Crippen MR) is 113 cm³/mol. The highest BCUT2D eigenvalue weighted by Crippen LogP contribution is 2.32. The van der Waals surface area contributed by atoms with E-state index in [1.807, 2.05) is 30.5 Å². The number of fused-ring (bicyclic) bond motifs is 1. The summed E-state index contributed by atoms with van der Waals surface area (Å²) in [4.78, 5) is 13.8. The number of rotatable bonds is 4. The molecule has 1 N–H and O–H groups in total. The number of piperazine rings is 1. The Hall–Kier alpha value is -2.38. The van der Waals surface area contributed by atoms with E-state index in [1.165, 1.54) is 5.69 Å². The fourth-order valence-corrected chi connectivity index (χ4v) is 3.71. The summed E-state index contributed by atoms with van der Waals surface area (Å²) in [6, 6.07) is 12.2. The van der Waals surface area contributed by atoms with Crippen molar-refractivity contribution in [3.8, 4) is 5.75 Å². The van der Waals surface area contributed by atoms with Gasteiger partial charge >= 0.3 is 0 Å². The Kier molecular flexibility index (Phi) is 5.13. The van der Waals surface area contributed by atoms with Crippen molar-refractivity contribution >= 4 is 44.2 Å². The van der Waals surface area contributed by atoms with E-state index in [0.717, 1.165) is 53.0 Å². The average molecular weight is 428 g/mol. The lowest BCUT2D eigenvalue weighted by molar-refractivity contribution is 0.312. The Labute approximate surface area is 167 Å². The molecule has 2 aromatic carbocycles. The summed E-state index contributed by atoms with van der Waals surface area (Å²) < 4.78 is 6.56. The molecule has 1 aliphatic rings. The molecule has 0 unspecified atom stereocenters. The van der Waals surface area contributed by atoms with Crippen LogP contribution in [0.4, 0.5) is 17.3 Å². The highest BCUT2D eigenvalue weighted by atomic mass is 79.9. The van der Waals surface area contributed by atoms with Crippen LogP contribution >= 0.6 is 15.9 Å². The van der Waals surface area contributed by atoms with Crippen molar-refractivity contribution in [3.05, 3.63) is 47.1 Å². The maximum Gasteiger partial charge on any atom is 0.227 e. The molecule has 3 aromatic rings. The van der Waals surface area contributed by atoms with E-state index in [-0.39, 0.29) is 0 Å². The second-order valence-corrected chi connectivity index (χ2v) is 7.53. The molecule has 27 heavy (non-hydrogen) atoms. The van der Waals surface area contributed by atoms with Crippen LogP contribution in [0.2, 0.25) is 0 Å². The third-order valence-electron chi connectivity index (χ3n) is 4.86. The Morgan fingerprint density at radius 3 is 2.70 bits per heavy atom. The van der Waals surface area contributed by atoms with Gasteiger partial charge in [-0.05, 0) is 41.2 Å². The van der Waals surface area contributed by atoms with Gasteiger partial charge in [0.05, 0.1) is 18.3 Å². The minimum Gasteiger partial charge on any atom is -0.494 e. The molecule has 0 spiro atoms. The molecule has 6 nitrogen and oxygen atoms in total. The first-order valence-corrected chi connectivity index (χ1v) is 9.73. The lowest BCUT2D eigenvalue weighted by Gasteiger charge is -2.34. The Bertz CT molecular complexity index is 956. The molecule has 0 amide bonds. The van der Waals surface area contributed by atoms with Gasteiger partial charge in [-0.1, -0.05) is 12.1 Å². The Morgan fingerprint density at radius 1 is 1.11 bits per heavy atom. The van der Waals surface area contributed by atoms with E-state index in [4.69, 9.17) is 4.74 Å². The molecule has 0 saturated carbocycles. The molecular weight excluding hydrogens is 406 g/mol. The lowest BCUT2D eigenvalue weighted by atomic mass is 10.2. The van der Waals surface area contributed by atoms with Gasteiger partial charge in [0.1, 0.15) is 5.75 Å². The number of benzene rings is 2. The summed E-state index contributed by atoms with van der Waals surface area (Å²) in [7, 11) is 3.85. The summed E-state index contributed by atoms with van der Waals surface area (Å²) in [6.45, 7) is 4.19. The van der Waals surface area contributed by atoms with E-state index in [9.17, 15) is 0 Å². The molecule has 0 radical (unpaired) electrons. The molecule has 1 aliphatic heterocycles. The van der Waals surface area contributed by atoms with Crippen LogP contribution in [0.3, 0.4) is 0 Å². The molecule has 7 heteroatoms. The van der Waals surface area contributed by atoms with Gasteiger partial charge in [-0.2, -0.15) is 0 Å². The van der Waals surface area contributed by atoms with Crippen LogP contribution < -0.4 is 15.0 Å². The van der Waals surface area contributed by atoms with Crippen LogP contribution in [0.5, 0.6) is 5.75 Å². The normalized spacial score (nSPS) is 15.1. The van der Waals surface area contributed by atoms with E-state index >= 15 is 0 Å². The second kappa shape index (κ2) is 7.70. The highest BCUT2D eigenvalue weighted by Gasteiger charge is 2.16. The van der Waals surface area contributed by atoms with Crippen LogP contribution in [0.15, 0.2) is 47.1 Å². The van der Waals surface area contributed by atoms with Gasteiger partial charge in [0, 0.05) is 54.0 Å². The fourth-order valence-electron chi connectivity index (χ4n) is 3.24. The van der Waals surface area contributed by atoms with E-state index < -0.39 is 0 Å². The first kappa shape index (κ1) is 18.0. The number of nitrogens with one attached hydrogen (secondary N) is 1. The minimum absolute atomic E-state index is 0.542. The molecule has 140 valence electrons. The maximum atomic E-state index is 5.62. The smallest absolute Gasteiger partial charge is 0.227 e. The van der Waals surface area contributed by atoms with Crippen molar-refractivity contribution < 1.29 is 4.74 Å². The van der Waals surface area contributed by atoms with Crippen molar-refractivity contribution in [1.29, 1.82) is 0 Å². The standard InChI is InChI=1S/C20H22BrN5O/c1-25-8-10-26(11-9-25)15-6-7-17(18(12-15)27-2)23-20-22-13-14-4-3-5-16(21)19(14)24-20/h3-7,12-13H,8-11H2,1-2H3,(H,22,23,24). The van der Waals surface area contributed by atoms with Crippen LogP contribution in [0.1, 0.15) is 0 Å². The summed E-state index contributed by atoms with van der Waals surface area (Å²) in [5.74, 6) is 1.32. The zero-order chi connectivity index (χ0) is 18.8. The van der Waals surface area contributed by atoms with Crippen LogP contribution in [-0.2, 0) is 0 Å². The first-order valence-electron chi connectivity index (χ1n) is 8.94. The van der Waals surface area contributed by atoms with Gasteiger partial charge in [0.2, 0.25) is 5.95 Å². The van der Waals surface area contributed by atoms with Gasteiger partial charge in [0.25, 0.3) is 0 Å². The Balaban J connectivity index is 1.59. The largest absolute Gasteiger partial charge is 0.494 e. The van der Waals surface area contributed by atoms with Gasteiger partial charge in [-0.25, -0.2) is 9.97 Å². The van der Waals surface area contributed by atoms with Crippen molar-refractivity contribution in [1.82, 2.24) is 14.9 Å². The summed E-state index contributed by atoms with van der Waals surface area (Å²) in [5.41, 5.74) is 2.90. The molecule has 0 bridgehead atoms. The van der Waals surface area contributed by atoms with E-state index in [1.54, 1.807) is 7.11 Å². The SMILES string of the molecule is COc1cc(N2CCN(C)CC2)ccc1Nc1ncc2cccc(Br)c2n1. The van der Waals surface area contributed by atoms with Gasteiger partial charge < -0.3 is 19.9 Å². The highest BCUT2D eigenvalue weighted by molar-refractivity contribution is 9.10. The predicted octanol–water partition coefficient (Wildman–Crippen LogP) is 3.90. The fraction of sp³-hybridized carbons (Fsp3) is 0.300. The molecular formula is C20H22BrN5O. The topological polar surface area (TPSA) is 53.5 Å². The van der Waals surface area contributed by atoms with Crippen LogP contribution in [0.25, 0.3) is 10.9 Å². The van der Waals surface area contributed by atoms with E-state index in [0.29, 0.717) is 5.95 Å². The van der Waals surface area contributed by atoms with E-state index in [2.05, 4.69) is 60.2 Å². The molecule has 2 heterocycles. The monoisotopic (exact) mass is 427 g/mol. The molecule has 1 saturated heterocycles. The number of ether oxygens (including phenoxy) is 1. The molecule has 0 atom stereocenters. The van der Waals surface area contributed by atoms with Crippen LogP contribution in [0, 0.1) is 0 Å². The number of hydrogen-bond acceptors (Lipinski definition) is 6. The Morgan fingerprint density at radius 2 is 1.93 bits per heavy atom. The zero-order valence-electron chi connectivity index (χ0n) is 15.4. The lowest BCUT2D eigenvalue weighted by Crippen LogP contribution is -2.44. The molecule has 1 aromatic heterocycles. The third-order valence-corrected chi connectivity index (χ3v) is 5.50. The molecule has 4 rings (SSSR count). The van der Waals surface area contributed by atoms with Gasteiger partial charge in [-0.3, -0.25) is 0 Å². The third kappa shape index (κ3) is 3.84. The van der Waals surface area contributed by atoms with Gasteiger partial charge in [-0.15, -0.1) is 0 Å². The van der Waals surface area contributed by atoms with Gasteiger partial charge in [0.15, 0.2) is 0 Å². The summed E-state index contributed by atoms with van der Waals surface area (Å²) in [6.07, 6.45) is 1.82. The summed E-state index contributed by atoms with van der Waals surface area (Å²) >= 11 is 3.55. The second-order valence-electron chi connectivity index (χ2n) is 6.67. The number of anilines is 3. The number of likely N-dealkylation sites (N-methyl/N-ethyl adjacent to an activating group) is 1. The first-order chi connectivity index (χ1) is 13.1. The number of para-hydroxylation sites is 1. The van der Waals surface area contributed by atoms with Crippen molar-refractivity contribution in [2.45, 2.75) is 0 Å². The quantitative estimate of drug-likeness (QED) is 0.681. The van der Waals surface area contributed by atoms with Crippen molar-refractivity contribution in [2.75, 3.05) is 50.6 Å². The minimum atomic E-state index is 0.542. The number of halogens is 1.